The largest absolute Gasteiger partial charge is 0.432 e. The summed E-state index contributed by atoms with van der Waals surface area (Å²) in [7, 11) is 0. The SMILES string of the molecule is CCCC1CCC(C2CCC(C(F)(F)Oc3cc(F)c(F)c(F)c3)CC2)CC1.CCCc1ccc(-c2ccc(-c3cc(F)c(C(F)(F)Oc4cc(F)c(F)c(F)c4)c(F)c3)c(F)c2)cc1. The number of rotatable bonds is 13. The van der Waals surface area contributed by atoms with Crippen LogP contribution in [0, 0.1) is 76.0 Å². The molecular weight excluding hydrogens is 880 g/mol. The Hall–Kier alpha value is -5.21. The van der Waals surface area contributed by atoms with Crippen molar-refractivity contribution in [1.29, 1.82) is 0 Å². The van der Waals surface area contributed by atoms with Crippen LogP contribution in [0.3, 0.4) is 0 Å². The van der Waals surface area contributed by atoms with Gasteiger partial charge in [-0.3, -0.25) is 0 Å². The van der Waals surface area contributed by atoms with Crippen LogP contribution in [0.15, 0.2) is 78.9 Å². The fourth-order valence-electron chi connectivity index (χ4n) is 8.99. The number of alkyl halides is 4. The molecule has 15 heteroatoms. The lowest BCUT2D eigenvalue weighted by Crippen LogP contribution is -2.38. The van der Waals surface area contributed by atoms with Gasteiger partial charge in [-0.25, -0.2) is 39.5 Å². The van der Waals surface area contributed by atoms with E-state index in [0.717, 1.165) is 43.2 Å². The fourth-order valence-corrected chi connectivity index (χ4v) is 8.99. The van der Waals surface area contributed by atoms with Gasteiger partial charge >= 0.3 is 12.2 Å². The van der Waals surface area contributed by atoms with Gasteiger partial charge in [-0.15, -0.1) is 0 Å². The number of benzene rings is 5. The third-order valence-corrected chi connectivity index (χ3v) is 12.4. The van der Waals surface area contributed by atoms with Gasteiger partial charge in [0.2, 0.25) is 0 Å². The Morgan fingerprint density at radius 2 is 0.938 bits per heavy atom. The molecular formula is C50H47F13O2. The highest BCUT2D eigenvalue weighted by Gasteiger charge is 2.45. The number of hydrogen-bond donors (Lipinski definition) is 0. The van der Waals surface area contributed by atoms with E-state index in [0.29, 0.717) is 60.1 Å². The summed E-state index contributed by atoms with van der Waals surface area (Å²) in [4.78, 5) is 0. The van der Waals surface area contributed by atoms with Crippen molar-refractivity contribution in [1.82, 2.24) is 0 Å². The Bertz CT molecular complexity index is 2330. The minimum atomic E-state index is -4.74. The van der Waals surface area contributed by atoms with Crippen LogP contribution in [0.25, 0.3) is 22.3 Å². The second-order valence-electron chi connectivity index (χ2n) is 16.8. The summed E-state index contributed by atoms with van der Waals surface area (Å²) < 4.78 is 190. The summed E-state index contributed by atoms with van der Waals surface area (Å²) in [5, 5.41) is 0. The van der Waals surface area contributed by atoms with E-state index in [4.69, 9.17) is 0 Å². The van der Waals surface area contributed by atoms with Crippen molar-refractivity contribution in [3.05, 3.63) is 142 Å². The van der Waals surface area contributed by atoms with E-state index in [-0.39, 0.29) is 23.3 Å². The number of ether oxygens (including phenoxy) is 2. The van der Waals surface area contributed by atoms with E-state index in [1.54, 1.807) is 0 Å². The van der Waals surface area contributed by atoms with Crippen molar-refractivity contribution in [3.63, 3.8) is 0 Å². The van der Waals surface area contributed by atoms with Gasteiger partial charge in [0, 0.05) is 29.8 Å². The van der Waals surface area contributed by atoms with Gasteiger partial charge in [0.1, 0.15) is 34.5 Å². The molecule has 350 valence electrons. The zero-order chi connectivity index (χ0) is 47.2. The van der Waals surface area contributed by atoms with Crippen LogP contribution < -0.4 is 9.47 Å². The maximum absolute atomic E-state index is 14.9. The summed E-state index contributed by atoms with van der Waals surface area (Å²) >= 11 is 0. The Labute approximate surface area is 368 Å². The molecule has 0 aliphatic heterocycles. The summed E-state index contributed by atoms with van der Waals surface area (Å²) in [5.41, 5.74) is -0.155. The lowest BCUT2D eigenvalue weighted by Gasteiger charge is -2.39. The first-order chi connectivity index (χ1) is 30.8. The minimum absolute atomic E-state index is 0.102. The normalized spacial score (nSPS) is 19.1. The molecule has 2 aliphatic rings. The van der Waals surface area contributed by atoms with Crippen molar-refractivity contribution in [2.24, 2.45) is 23.7 Å². The van der Waals surface area contributed by atoms with Gasteiger partial charge in [0.05, 0.1) is 5.92 Å². The molecule has 0 unspecified atom stereocenters. The maximum atomic E-state index is 14.9. The lowest BCUT2D eigenvalue weighted by molar-refractivity contribution is -0.224. The smallest absolute Gasteiger partial charge is 0.432 e. The third kappa shape index (κ3) is 12.0. The van der Waals surface area contributed by atoms with E-state index < -0.39 is 87.6 Å². The molecule has 0 saturated heterocycles. The van der Waals surface area contributed by atoms with E-state index in [9.17, 15) is 57.1 Å². The number of aryl methyl sites for hydroxylation is 1. The van der Waals surface area contributed by atoms with Crippen LogP contribution in [-0.2, 0) is 12.5 Å². The van der Waals surface area contributed by atoms with Crippen molar-refractivity contribution < 1.29 is 66.5 Å². The zero-order valence-corrected chi connectivity index (χ0v) is 35.5. The minimum Gasteiger partial charge on any atom is -0.432 e. The molecule has 2 fully saturated rings. The van der Waals surface area contributed by atoms with Crippen molar-refractivity contribution in [3.8, 4) is 33.8 Å². The van der Waals surface area contributed by atoms with E-state index in [1.165, 1.54) is 50.7 Å². The fraction of sp³-hybridized carbons (Fsp3) is 0.400. The Morgan fingerprint density at radius 1 is 0.477 bits per heavy atom. The highest BCUT2D eigenvalue weighted by molar-refractivity contribution is 5.71. The van der Waals surface area contributed by atoms with Crippen molar-refractivity contribution in [2.45, 2.75) is 103 Å². The molecule has 0 atom stereocenters. The van der Waals surface area contributed by atoms with Crippen LogP contribution in [0.4, 0.5) is 57.1 Å². The summed E-state index contributed by atoms with van der Waals surface area (Å²) in [6, 6.07) is 13.5. The molecule has 0 radical (unpaired) electrons. The second-order valence-corrected chi connectivity index (χ2v) is 16.8. The topological polar surface area (TPSA) is 18.5 Å². The Morgan fingerprint density at radius 3 is 1.42 bits per heavy atom. The molecule has 0 amide bonds. The third-order valence-electron chi connectivity index (χ3n) is 12.4. The van der Waals surface area contributed by atoms with E-state index in [1.807, 2.05) is 31.2 Å². The molecule has 7 rings (SSSR count). The van der Waals surface area contributed by atoms with Crippen LogP contribution in [0.1, 0.15) is 95.6 Å². The highest BCUT2D eigenvalue weighted by Crippen LogP contribution is 2.46. The van der Waals surface area contributed by atoms with Crippen molar-refractivity contribution in [2.75, 3.05) is 0 Å². The summed E-state index contributed by atoms with van der Waals surface area (Å²) in [5.74, 6) is -15.7. The molecule has 0 N–H and O–H groups in total. The average Bonchev–Trinajstić information content (AvgIpc) is 3.25. The summed E-state index contributed by atoms with van der Waals surface area (Å²) in [6.07, 6.45) is 3.12. The molecule has 2 nitrogen and oxygen atoms in total. The predicted octanol–water partition coefficient (Wildman–Crippen LogP) is 16.4. The van der Waals surface area contributed by atoms with Gasteiger partial charge in [-0.05, 0) is 103 Å². The van der Waals surface area contributed by atoms with Gasteiger partial charge in [0.25, 0.3) is 0 Å². The van der Waals surface area contributed by atoms with Gasteiger partial charge in [0.15, 0.2) is 34.9 Å². The Balaban J connectivity index is 0.000000224. The number of hydrogen-bond acceptors (Lipinski definition) is 2. The molecule has 0 aromatic heterocycles. The first kappa shape index (κ1) is 49.2. The Kier molecular flexibility index (Phi) is 15.9. The molecule has 0 bridgehead atoms. The lowest BCUT2D eigenvalue weighted by atomic mass is 9.68. The van der Waals surface area contributed by atoms with E-state index in [2.05, 4.69) is 16.4 Å². The van der Waals surface area contributed by atoms with Gasteiger partial charge < -0.3 is 9.47 Å². The monoisotopic (exact) mass is 926 g/mol. The quantitative estimate of drug-likeness (QED) is 0.0865. The molecule has 5 aromatic carbocycles. The van der Waals surface area contributed by atoms with Gasteiger partial charge in [-0.2, -0.15) is 17.6 Å². The molecule has 0 spiro atoms. The van der Waals surface area contributed by atoms with Crippen molar-refractivity contribution >= 4 is 0 Å². The first-order valence-electron chi connectivity index (χ1n) is 21.6. The standard InChI is InChI=1S/C28H18F8O.C22H29F5O/c1-2-3-15-4-6-16(7-5-15)17-8-9-20(21(29)10-17)18-11-22(30)26(23(31)12-18)28(35,36)37-19-13-24(32)27(34)25(33)14-19;1-2-3-14-4-6-15(7-5-14)16-8-10-17(11-9-16)22(26,27)28-18-12-19(23)21(25)20(24)13-18/h4-14H,2-3H2,1H3;12-17H,2-11H2,1H3. The maximum Gasteiger partial charge on any atom is 0.432 e. The van der Waals surface area contributed by atoms with Crippen LogP contribution >= 0.6 is 0 Å². The molecule has 2 aliphatic carbocycles. The summed E-state index contributed by atoms with van der Waals surface area (Å²) in [6.45, 7) is 4.26. The first-order valence-corrected chi connectivity index (χ1v) is 21.6. The zero-order valence-electron chi connectivity index (χ0n) is 35.5. The average molecular weight is 927 g/mol. The van der Waals surface area contributed by atoms with E-state index >= 15 is 0 Å². The molecule has 5 aromatic rings. The van der Waals surface area contributed by atoms with Crippen LogP contribution in [-0.4, -0.2) is 6.11 Å². The highest BCUT2D eigenvalue weighted by atomic mass is 19.3. The van der Waals surface area contributed by atoms with Crippen LogP contribution in [0.5, 0.6) is 11.5 Å². The van der Waals surface area contributed by atoms with Gasteiger partial charge in [-0.1, -0.05) is 82.3 Å². The molecule has 65 heavy (non-hydrogen) atoms. The molecule has 0 heterocycles. The predicted molar refractivity (Wildman–Crippen MR) is 220 cm³/mol. The second kappa shape index (κ2) is 21.0. The number of halogens is 13. The molecule has 2 saturated carbocycles. The van der Waals surface area contributed by atoms with Crippen LogP contribution in [0.2, 0.25) is 0 Å².